The van der Waals surface area contributed by atoms with Gasteiger partial charge in [0.2, 0.25) is 0 Å². The van der Waals surface area contributed by atoms with Gasteiger partial charge >= 0.3 is 0 Å². The highest BCUT2D eigenvalue weighted by molar-refractivity contribution is 6.34. The van der Waals surface area contributed by atoms with Crippen LogP contribution in [-0.2, 0) is 0 Å². The summed E-state index contributed by atoms with van der Waals surface area (Å²) in [7, 11) is 0. The minimum atomic E-state index is -0.383. The Bertz CT molecular complexity index is 613. The first kappa shape index (κ1) is 14.3. The highest BCUT2D eigenvalue weighted by Crippen LogP contribution is 2.18. The predicted molar refractivity (Wildman–Crippen MR) is 80.3 cm³/mol. The molecule has 2 aromatic rings. The van der Waals surface area contributed by atoms with Crippen LogP contribution < -0.4 is 10.6 Å². The monoisotopic (exact) mass is 290 g/mol. The van der Waals surface area contributed by atoms with Crippen LogP contribution in [0.3, 0.4) is 0 Å². The van der Waals surface area contributed by atoms with Crippen LogP contribution in [0.5, 0.6) is 0 Å². The van der Waals surface area contributed by atoms with E-state index in [0.29, 0.717) is 16.7 Å². The van der Waals surface area contributed by atoms with Crippen molar-refractivity contribution in [3.8, 4) is 0 Å². The molecule has 0 atom stereocenters. The third kappa shape index (κ3) is 3.45. The van der Waals surface area contributed by atoms with Crippen LogP contribution in [0.25, 0.3) is 0 Å². The molecule has 0 radical (unpaired) electrons. The highest BCUT2D eigenvalue weighted by atomic mass is 35.5. The maximum absolute atomic E-state index is 12.2. The Morgan fingerprint density at radius 2 is 2.00 bits per heavy atom. The molecule has 20 heavy (non-hydrogen) atoms. The maximum Gasteiger partial charge on any atom is 0.277 e. The fraction of sp³-hybridized carbons (Fsp3) is 0.214. The number of aromatic nitrogens is 2. The second kappa shape index (κ2) is 6.34. The van der Waals surface area contributed by atoms with Crippen molar-refractivity contribution in [2.24, 2.45) is 0 Å². The topological polar surface area (TPSA) is 66.9 Å². The van der Waals surface area contributed by atoms with Crippen LogP contribution in [0.4, 0.5) is 11.6 Å². The van der Waals surface area contributed by atoms with Gasteiger partial charge in [-0.2, -0.15) is 0 Å². The van der Waals surface area contributed by atoms with E-state index in [1.54, 1.807) is 24.4 Å². The average molecular weight is 291 g/mol. The van der Waals surface area contributed by atoms with Crippen LogP contribution in [0.15, 0.2) is 30.5 Å². The Labute approximate surface area is 122 Å². The summed E-state index contributed by atoms with van der Waals surface area (Å²) >= 11 is 6.01. The van der Waals surface area contributed by atoms with E-state index in [9.17, 15) is 4.79 Å². The number of nitrogens with one attached hydrogen (secondary N) is 2. The number of amides is 1. The van der Waals surface area contributed by atoms with Gasteiger partial charge < -0.3 is 10.6 Å². The Morgan fingerprint density at radius 3 is 2.65 bits per heavy atom. The number of carbonyl (C=O) groups is 1. The molecule has 2 aromatic heterocycles. The molecule has 0 spiro atoms. The molecule has 2 rings (SSSR count). The molecule has 2 heterocycles. The molecule has 0 aliphatic heterocycles. The van der Waals surface area contributed by atoms with Crippen LogP contribution in [0, 0.1) is 6.92 Å². The Balaban J connectivity index is 2.19. The standard InChI is InChI=1S/C14H15ClN4O/c1-3-16-11-7-5-10(15)13(18-11)14(20)19-12-6-4-9(2)8-17-12/h4-8H,3H2,1-2H3,(H,16,18)(H,17,19,20). The predicted octanol–water partition coefficient (Wildman–Crippen LogP) is 3.12. The molecular weight excluding hydrogens is 276 g/mol. The summed E-state index contributed by atoms with van der Waals surface area (Å²) in [5.74, 6) is 0.692. The van der Waals surface area contributed by atoms with Crippen molar-refractivity contribution in [1.29, 1.82) is 0 Å². The van der Waals surface area contributed by atoms with Gasteiger partial charge in [0.05, 0.1) is 5.02 Å². The molecule has 0 fully saturated rings. The fourth-order valence-electron chi connectivity index (χ4n) is 1.60. The first-order chi connectivity index (χ1) is 9.60. The first-order valence-electron chi connectivity index (χ1n) is 6.24. The Hall–Kier alpha value is -2.14. The van der Waals surface area contributed by atoms with Gasteiger partial charge in [0, 0.05) is 12.7 Å². The highest BCUT2D eigenvalue weighted by Gasteiger charge is 2.13. The van der Waals surface area contributed by atoms with E-state index in [4.69, 9.17) is 11.6 Å². The molecule has 0 aliphatic rings. The second-order valence-corrected chi connectivity index (χ2v) is 4.64. The molecule has 0 bridgehead atoms. The summed E-state index contributed by atoms with van der Waals surface area (Å²) < 4.78 is 0. The van der Waals surface area contributed by atoms with Gasteiger partial charge in [-0.15, -0.1) is 0 Å². The van der Waals surface area contributed by atoms with Gasteiger partial charge in [-0.1, -0.05) is 17.7 Å². The van der Waals surface area contributed by atoms with E-state index in [0.717, 1.165) is 12.1 Å². The van der Waals surface area contributed by atoms with E-state index >= 15 is 0 Å². The van der Waals surface area contributed by atoms with E-state index in [-0.39, 0.29) is 11.6 Å². The lowest BCUT2D eigenvalue weighted by molar-refractivity contribution is 0.102. The molecule has 0 saturated heterocycles. The third-order valence-corrected chi connectivity index (χ3v) is 2.88. The first-order valence-corrected chi connectivity index (χ1v) is 6.62. The largest absolute Gasteiger partial charge is 0.370 e. The van der Waals surface area contributed by atoms with Gasteiger partial charge in [-0.25, -0.2) is 9.97 Å². The van der Waals surface area contributed by atoms with Crippen LogP contribution in [0.1, 0.15) is 23.0 Å². The van der Waals surface area contributed by atoms with Crippen molar-refractivity contribution >= 4 is 29.1 Å². The molecule has 6 heteroatoms. The lowest BCUT2D eigenvalue weighted by Gasteiger charge is -2.08. The maximum atomic E-state index is 12.2. The number of nitrogens with zero attached hydrogens (tertiary/aromatic N) is 2. The minimum Gasteiger partial charge on any atom is -0.370 e. The van der Waals surface area contributed by atoms with Crippen LogP contribution in [0.2, 0.25) is 5.02 Å². The number of pyridine rings is 2. The SMILES string of the molecule is CCNc1ccc(Cl)c(C(=O)Nc2ccc(C)cn2)n1. The van der Waals surface area contributed by atoms with Crippen molar-refractivity contribution < 1.29 is 4.79 Å². The van der Waals surface area contributed by atoms with E-state index in [1.807, 2.05) is 19.9 Å². The molecule has 1 amide bonds. The summed E-state index contributed by atoms with van der Waals surface area (Å²) in [6, 6.07) is 6.97. The lowest BCUT2D eigenvalue weighted by Crippen LogP contribution is -2.16. The molecule has 0 unspecified atom stereocenters. The number of hydrogen-bond acceptors (Lipinski definition) is 4. The molecule has 104 valence electrons. The van der Waals surface area contributed by atoms with E-state index < -0.39 is 0 Å². The lowest BCUT2D eigenvalue weighted by atomic mass is 10.3. The summed E-state index contributed by atoms with van der Waals surface area (Å²) in [4.78, 5) is 20.5. The van der Waals surface area contributed by atoms with Crippen LogP contribution >= 0.6 is 11.6 Å². The Kier molecular flexibility index (Phi) is 4.53. The summed E-state index contributed by atoms with van der Waals surface area (Å²) in [5.41, 5.74) is 1.20. The van der Waals surface area contributed by atoms with Crippen molar-refractivity contribution in [3.05, 3.63) is 46.7 Å². The van der Waals surface area contributed by atoms with Gasteiger partial charge in [0.15, 0.2) is 0 Å². The average Bonchev–Trinajstić information content (AvgIpc) is 2.43. The minimum absolute atomic E-state index is 0.174. The summed E-state index contributed by atoms with van der Waals surface area (Å²) in [5, 5.41) is 6.01. The summed E-state index contributed by atoms with van der Waals surface area (Å²) in [6.45, 7) is 4.60. The number of halogens is 1. The third-order valence-electron chi connectivity index (χ3n) is 2.57. The van der Waals surface area contributed by atoms with E-state index in [1.165, 1.54) is 0 Å². The van der Waals surface area contributed by atoms with Crippen molar-refractivity contribution in [2.45, 2.75) is 13.8 Å². The van der Waals surface area contributed by atoms with Crippen molar-refractivity contribution in [2.75, 3.05) is 17.2 Å². The zero-order valence-corrected chi connectivity index (χ0v) is 12.0. The zero-order chi connectivity index (χ0) is 14.5. The molecular formula is C14H15ClN4O. The second-order valence-electron chi connectivity index (χ2n) is 4.23. The van der Waals surface area contributed by atoms with Crippen molar-refractivity contribution in [3.63, 3.8) is 0 Å². The molecule has 2 N–H and O–H groups in total. The summed E-state index contributed by atoms with van der Waals surface area (Å²) in [6.07, 6.45) is 1.68. The molecule has 0 aliphatic carbocycles. The van der Waals surface area contributed by atoms with Crippen molar-refractivity contribution in [1.82, 2.24) is 9.97 Å². The normalized spacial score (nSPS) is 10.2. The van der Waals surface area contributed by atoms with Gasteiger partial charge in [-0.3, -0.25) is 4.79 Å². The molecule has 0 aromatic carbocycles. The smallest absolute Gasteiger partial charge is 0.277 e. The number of aryl methyl sites for hydroxylation is 1. The van der Waals surface area contributed by atoms with Gasteiger partial charge in [0.1, 0.15) is 17.3 Å². The van der Waals surface area contributed by atoms with E-state index in [2.05, 4.69) is 20.6 Å². The van der Waals surface area contributed by atoms with Gasteiger partial charge in [-0.05, 0) is 37.6 Å². The number of rotatable bonds is 4. The van der Waals surface area contributed by atoms with Gasteiger partial charge in [0.25, 0.3) is 5.91 Å². The number of hydrogen-bond donors (Lipinski definition) is 2. The zero-order valence-electron chi connectivity index (χ0n) is 11.3. The quantitative estimate of drug-likeness (QED) is 0.908. The molecule has 5 nitrogen and oxygen atoms in total. The van der Waals surface area contributed by atoms with Crippen LogP contribution in [-0.4, -0.2) is 22.4 Å². The number of anilines is 2. The number of carbonyl (C=O) groups excluding carboxylic acids is 1. The Morgan fingerprint density at radius 1 is 1.25 bits per heavy atom. The molecule has 0 saturated carbocycles. The fourth-order valence-corrected chi connectivity index (χ4v) is 1.79.